The van der Waals surface area contributed by atoms with Crippen LogP contribution in [0.25, 0.3) is 10.9 Å². The molecule has 0 fully saturated rings. The number of aliphatic hydroxyl groups excluding tert-OH is 1. The molecule has 0 amide bonds. The number of H-pyrrole nitrogens is 1. The fourth-order valence-corrected chi connectivity index (χ4v) is 4.78. The molecule has 0 saturated heterocycles. The van der Waals surface area contributed by atoms with Crippen LogP contribution >= 0.6 is 0 Å². The quantitative estimate of drug-likeness (QED) is 0.476. The molecule has 9 heteroatoms. The summed E-state index contributed by atoms with van der Waals surface area (Å²) in [6.45, 7) is 3.51. The van der Waals surface area contributed by atoms with Crippen molar-refractivity contribution in [1.82, 2.24) is 9.29 Å². The standard InChI is InChI=1S/C23H26N2O6S/c1-3-31-23(28)17-7-9-20(10-8-17)32(29,30)25(11-4-12-26)15-19-14-18-6-5-16(2)13-21(18)24-22(19)27/h5-10,13-14,26H,3-4,11-12,15H2,1-2H3,(H,24,27). The number of fused-ring (bicyclic) bond motifs is 1. The number of pyridine rings is 1. The van der Waals surface area contributed by atoms with Crippen LogP contribution in [0.15, 0.2) is 58.2 Å². The average Bonchev–Trinajstić information content (AvgIpc) is 2.77. The third kappa shape index (κ3) is 5.24. The van der Waals surface area contributed by atoms with Crippen LogP contribution in [0.5, 0.6) is 0 Å². The lowest BCUT2D eigenvalue weighted by atomic mass is 10.1. The van der Waals surface area contributed by atoms with Crippen molar-refractivity contribution in [2.45, 2.75) is 31.7 Å². The molecule has 0 bridgehead atoms. The molecule has 1 heterocycles. The van der Waals surface area contributed by atoms with Crippen molar-refractivity contribution >= 4 is 26.9 Å². The van der Waals surface area contributed by atoms with Gasteiger partial charge in [0.25, 0.3) is 5.56 Å². The first-order valence-corrected chi connectivity index (χ1v) is 11.7. The highest BCUT2D eigenvalue weighted by Crippen LogP contribution is 2.20. The highest BCUT2D eigenvalue weighted by molar-refractivity contribution is 7.89. The Morgan fingerprint density at radius 1 is 1.12 bits per heavy atom. The fourth-order valence-electron chi connectivity index (χ4n) is 3.33. The molecule has 0 radical (unpaired) electrons. The number of aryl methyl sites for hydroxylation is 1. The number of aromatic nitrogens is 1. The number of aliphatic hydroxyl groups is 1. The number of sulfonamides is 1. The van der Waals surface area contributed by atoms with E-state index in [-0.39, 0.29) is 48.7 Å². The van der Waals surface area contributed by atoms with E-state index in [0.29, 0.717) is 11.1 Å². The summed E-state index contributed by atoms with van der Waals surface area (Å²) in [4.78, 5) is 27.2. The summed E-state index contributed by atoms with van der Waals surface area (Å²) in [6.07, 6.45) is 0.213. The van der Waals surface area contributed by atoms with E-state index in [2.05, 4.69) is 4.98 Å². The first-order valence-electron chi connectivity index (χ1n) is 10.3. The van der Waals surface area contributed by atoms with Gasteiger partial charge in [0.05, 0.1) is 17.1 Å². The number of rotatable bonds is 9. The second-order valence-electron chi connectivity index (χ2n) is 7.38. The number of aromatic amines is 1. The molecule has 3 aromatic rings. The second kappa shape index (κ2) is 10.1. The second-order valence-corrected chi connectivity index (χ2v) is 9.31. The van der Waals surface area contributed by atoms with Crippen molar-refractivity contribution in [3.63, 3.8) is 0 Å². The van der Waals surface area contributed by atoms with Gasteiger partial charge in [0.2, 0.25) is 10.0 Å². The first kappa shape index (κ1) is 23.6. The molecular weight excluding hydrogens is 432 g/mol. The van der Waals surface area contributed by atoms with Gasteiger partial charge in [0.1, 0.15) is 0 Å². The van der Waals surface area contributed by atoms with E-state index in [1.165, 1.54) is 24.3 Å². The van der Waals surface area contributed by atoms with Crippen LogP contribution in [0.4, 0.5) is 0 Å². The number of carbonyl (C=O) groups is 1. The molecule has 0 aliphatic rings. The lowest BCUT2D eigenvalue weighted by molar-refractivity contribution is 0.0526. The van der Waals surface area contributed by atoms with Gasteiger partial charge in [-0.15, -0.1) is 0 Å². The minimum atomic E-state index is -3.99. The lowest BCUT2D eigenvalue weighted by Gasteiger charge is -2.22. The minimum Gasteiger partial charge on any atom is -0.462 e. The molecule has 170 valence electrons. The zero-order valence-corrected chi connectivity index (χ0v) is 18.8. The topological polar surface area (TPSA) is 117 Å². The maximum atomic E-state index is 13.3. The number of benzene rings is 2. The highest BCUT2D eigenvalue weighted by Gasteiger charge is 2.26. The molecular formula is C23H26N2O6S. The van der Waals surface area contributed by atoms with Gasteiger partial charge in [-0.25, -0.2) is 13.2 Å². The van der Waals surface area contributed by atoms with Gasteiger partial charge in [0, 0.05) is 30.8 Å². The number of esters is 1. The Morgan fingerprint density at radius 2 is 1.84 bits per heavy atom. The molecule has 8 nitrogen and oxygen atoms in total. The third-order valence-electron chi connectivity index (χ3n) is 4.99. The van der Waals surface area contributed by atoms with Crippen LogP contribution in [-0.4, -0.2) is 48.5 Å². The summed E-state index contributed by atoms with van der Waals surface area (Å²) >= 11 is 0. The minimum absolute atomic E-state index is 0.0173. The van der Waals surface area contributed by atoms with Crippen LogP contribution in [-0.2, 0) is 21.3 Å². The first-order chi connectivity index (χ1) is 15.3. The van der Waals surface area contributed by atoms with Gasteiger partial charge in [-0.05, 0) is 67.6 Å². The van der Waals surface area contributed by atoms with Gasteiger partial charge >= 0.3 is 5.97 Å². The number of hydrogen-bond donors (Lipinski definition) is 2. The van der Waals surface area contributed by atoms with Crippen LogP contribution in [0.2, 0.25) is 0 Å². The van der Waals surface area contributed by atoms with E-state index in [0.717, 1.165) is 15.3 Å². The Morgan fingerprint density at radius 3 is 2.50 bits per heavy atom. The Labute approximate surface area is 186 Å². The predicted molar refractivity (Wildman–Crippen MR) is 121 cm³/mol. The summed E-state index contributed by atoms with van der Waals surface area (Å²) in [5.41, 5.74) is 1.85. The summed E-state index contributed by atoms with van der Waals surface area (Å²) < 4.78 is 32.7. The van der Waals surface area contributed by atoms with Crippen LogP contribution in [0.1, 0.15) is 34.8 Å². The van der Waals surface area contributed by atoms with E-state index in [1.54, 1.807) is 13.0 Å². The molecule has 0 aliphatic heterocycles. The number of carbonyl (C=O) groups excluding carboxylic acids is 1. The molecule has 0 aliphatic carbocycles. The van der Waals surface area contributed by atoms with Gasteiger partial charge in [-0.1, -0.05) is 12.1 Å². The Balaban J connectivity index is 1.94. The summed E-state index contributed by atoms with van der Waals surface area (Å²) in [5.74, 6) is -0.536. The summed E-state index contributed by atoms with van der Waals surface area (Å²) in [5, 5.41) is 10.0. The highest BCUT2D eigenvalue weighted by atomic mass is 32.2. The average molecular weight is 459 g/mol. The number of nitrogens with zero attached hydrogens (tertiary/aromatic N) is 1. The van der Waals surface area contributed by atoms with Gasteiger partial charge < -0.3 is 14.8 Å². The Kier molecular flexibility index (Phi) is 7.44. The van der Waals surface area contributed by atoms with Gasteiger partial charge in [0.15, 0.2) is 0 Å². The van der Waals surface area contributed by atoms with Gasteiger partial charge in [-0.2, -0.15) is 4.31 Å². The van der Waals surface area contributed by atoms with E-state index in [4.69, 9.17) is 4.74 Å². The Bertz CT molecular complexity index is 1270. The number of hydrogen-bond acceptors (Lipinski definition) is 6. The Hall–Kier alpha value is -3.01. The molecule has 0 atom stereocenters. The van der Waals surface area contributed by atoms with E-state index < -0.39 is 16.0 Å². The van der Waals surface area contributed by atoms with Crippen LogP contribution in [0.3, 0.4) is 0 Å². The van der Waals surface area contributed by atoms with Crippen LogP contribution < -0.4 is 5.56 Å². The molecule has 2 aromatic carbocycles. The normalized spacial score (nSPS) is 11.8. The van der Waals surface area contributed by atoms with Crippen molar-refractivity contribution in [3.8, 4) is 0 Å². The van der Waals surface area contributed by atoms with E-state index in [1.807, 2.05) is 25.1 Å². The SMILES string of the molecule is CCOC(=O)c1ccc(S(=O)(=O)N(CCCO)Cc2cc3ccc(C)cc3[nH]c2=O)cc1. The number of nitrogens with one attached hydrogen (secondary N) is 1. The maximum Gasteiger partial charge on any atom is 0.338 e. The molecule has 32 heavy (non-hydrogen) atoms. The molecule has 0 unspecified atom stereocenters. The fraction of sp³-hybridized carbons (Fsp3) is 0.304. The zero-order valence-electron chi connectivity index (χ0n) is 18.0. The zero-order chi connectivity index (χ0) is 23.3. The summed E-state index contributed by atoms with van der Waals surface area (Å²) in [6, 6.07) is 12.8. The summed E-state index contributed by atoms with van der Waals surface area (Å²) in [7, 11) is -3.99. The van der Waals surface area contributed by atoms with Crippen molar-refractivity contribution in [1.29, 1.82) is 0 Å². The van der Waals surface area contributed by atoms with E-state index >= 15 is 0 Å². The van der Waals surface area contributed by atoms with Gasteiger partial charge in [-0.3, -0.25) is 4.79 Å². The largest absolute Gasteiger partial charge is 0.462 e. The third-order valence-corrected chi connectivity index (χ3v) is 6.85. The molecule has 3 rings (SSSR count). The number of ether oxygens (including phenoxy) is 1. The lowest BCUT2D eigenvalue weighted by Crippen LogP contribution is -2.34. The smallest absolute Gasteiger partial charge is 0.338 e. The van der Waals surface area contributed by atoms with Crippen molar-refractivity contribution in [2.75, 3.05) is 19.8 Å². The predicted octanol–water partition coefficient (Wildman–Crippen LogP) is 2.59. The molecule has 0 spiro atoms. The van der Waals surface area contributed by atoms with Crippen molar-refractivity contribution < 1.29 is 23.1 Å². The molecule has 0 saturated carbocycles. The van der Waals surface area contributed by atoms with Crippen LogP contribution in [0, 0.1) is 6.92 Å². The monoisotopic (exact) mass is 458 g/mol. The molecule has 1 aromatic heterocycles. The maximum absolute atomic E-state index is 13.3. The van der Waals surface area contributed by atoms with E-state index in [9.17, 15) is 23.1 Å². The van der Waals surface area contributed by atoms with Crippen molar-refractivity contribution in [3.05, 3.63) is 75.6 Å². The molecule has 2 N–H and O–H groups in total. The van der Waals surface area contributed by atoms with Crippen molar-refractivity contribution in [2.24, 2.45) is 0 Å².